The summed E-state index contributed by atoms with van der Waals surface area (Å²) in [7, 11) is 0. The van der Waals surface area contributed by atoms with E-state index in [9.17, 15) is 9.90 Å². The molecule has 6 heteroatoms. The van der Waals surface area contributed by atoms with E-state index in [1.807, 2.05) is 103 Å². The molecule has 204 valence electrons. The molecule has 2 N–H and O–H groups in total. The van der Waals surface area contributed by atoms with Crippen molar-refractivity contribution in [3.8, 4) is 28.5 Å². The van der Waals surface area contributed by atoms with Crippen molar-refractivity contribution in [1.29, 1.82) is 0 Å². The van der Waals surface area contributed by atoms with Crippen molar-refractivity contribution in [3.63, 3.8) is 0 Å². The van der Waals surface area contributed by atoms with E-state index >= 15 is 0 Å². The third kappa shape index (κ3) is 5.72. The number of carbonyl (C=O) groups is 1. The summed E-state index contributed by atoms with van der Waals surface area (Å²) in [6.45, 7) is 0.914. The normalized spacial score (nSPS) is 11.0. The van der Waals surface area contributed by atoms with Crippen LogP contribution in [0, 0.1) is 0 Å². The fourth-order valence-corrected chi connectivity index (χ4v) is 5.20. The highest BCUT2D eigenvalue weighted by molar-refractivity contribution is 5.99. The van der Waals surface area contributed by atoms with Crippen LogP contribution in [0.5, 0.6) is 17.4 Å². The number of benzene rings is 5. The lowest BCUT2D eigenvalue weighted by Crippen LogP contribution is -2.06. The number of hydrogen-bond acceptors (Lipinski definition) is 4. The molecule has 0 spiro atoms. The van der Waals surface area contributed by atoms with Crippen LogP contribution in [0.25, 0.3) is 32.8 Å². The van der Waals surface area contributed by atoms with Crippen molar-refractivity contribution in [1.82, 2.24) is 4.98 Å². The number of fused-ring (bicyclic) bond motifs is 2. The fourth-order valence-electron chi connectivity index (χ4n) is 5.20. The molecule has 5 aromatic carbocycles. The summed E-state index contributed by atoms with van der Waals surface area (Å²) in [5.41, 5.74) is 4.48. The van der Waals surface area contributed by atoms with E-state index in [0.29, 0.717) is 26.1 Å². The van der Waals surface area contributed by atoms with Gasteiger partial charge in [-0.2, -0.15) is 0 Å². The van der Waals surface area contributed by atoms with E-state index in [1.54, 1.807) is 0 Å². The maximum Gasteiger partial charge on any atom is 0.512 e. The maximum atomic E-state index is 11.6. The predicted octanol–water partition coefficient (Wildman–Crippen LogP) is 8.64. The van der Waals surface area contributed by atoms with Crippen molar-refractivity contribution >= 4 is 27.8 Å². The Hall–Kier alpha value is -5.23. The first kappa shape index (κ1) is 26.0. The predicted molar refractivity (Wildman–Crippen MR) is 161 cm³/mol. The monoisotopic (exact) mass is 543 g/mol. The molecule has 1 aromatic heterocycles. The number of ether oxygens (including phenoxy) is 3. The van der Waals surface area contributed by atoms with Crippen molar-refractivity contribution in [2.75, 3.05) is 6.61 Å². The zero-order valence-corrected chi connectivity index (χ0v) is 22.4. The number of carboxylic acid groups (broad SMARTS) is 1. The van der Waals surface area contributed by atoms with Crippen molar-refractivity contribution in [2.45, 2.75) is 19.4 Å². The topological polar surface area (TPSA) is 80.8 Å². The molecule has 0 unspecified atom stereocenters. The molecule has 0 aliphatic rings. The highest BCUT2D eigenvalue weighted by Crippen LogP contribution is 2.39. The first-order valence-corrected chi connectivity index (χ1v) is 13.6. The minimum Gasteiger partial charge on any atom is -0.493 e. The van der Waals surface area contributed by atoms with Crippen LogP contribution in [-0.4, -0.2) is 22.9 Å². The zero-order chi connectivity index (χ0) is 28.0. The second-order valence-corrected chi connectivity index (χ2v) is 9.73. The third-order valence-electron chi connectivity index (χ3n) is 7.08. The van der Waals surface area contributed by atoms with Crippen molar-refractivity contribution < 1.29 is 24.1 Å². The Morgan fingerprint density at radius 1 is 0.683 bits per heavy atom. The molecule has 1 heterocycles. The number of para-hydroxylation sites is 2. The number of aryl methyl sites for hydroxylation is 1. The Balaban J connectivity index is 1.27. The molecular formula is C35H29NO5. The molecule has 0 atom stereocenters. The Bertz CT molecular complexity index is 1800. The number of nitrogens with one attached hydrogen (secondary N) is 1. The van der Waals surface area contributed by atoms with E-state index in [2.05, 4.69) is 17.1 Å². The molecule has 0 aliphatic carbocycles. The summed E-state index contributed by atoms with van der Waals surface area (Å²) >= 11 is 0. The standard InChI is InChI=1S/C35H29NO5/c37-35(38)41-34-30(19-10-22-39-31-21-8-14-25-13-4-5-15-26(25)31)29-18-9-17-28(33(29)36-34)27-16-6-7-20-32(27)40-23-24-11-2-1-3-12-24/h1-9,11-18,20-21,36H,10,19,22-23H2,(H,37,38). The fraction of sp³-hybridized carbons (Fsp3) is 0.114. The molecule has 41 heavy (non-hydrogen) atoms. The number of rotatable bonds is 10. The molecule has 0 saturated carbocycles. The molecular weight excluding hydrogens is 514 g/mol. The smallest absolute Gasteiger partial charge is 0.493 e. The van der Waals surface area contributed by atoms with Gasteiger partial charge in [0.2, 0.25) is 5.88 Å². The number of aromatic nitrogens is 1. The lowest BCUT2D eigenvalue weighted by Gasteiger charge is -2.13. The van der Waals surface area contributed by atoms with Crippen LogP contribution < -0.4 is 14.2 Å². The summed E-state index contributed by atoms with van der Waals surface area (Å²) in [5, 5.41) is 12.6. The molecule has 0 amide bonds. The van der Waals surface area contributed by atoms with E-state index in [4.69, 9.17) is 14.2 Å². The molecule has 0 bridgehead atoms. The zero-order valence-electron chi connectivity index (χ0n) is 22.4. The van der Waals surface area contributed by atoms with Gasteiger partial charge < -0.3 is 24.3 Å². The highest BCUT2D eigenvalue weighted by atomic mass is 16.7. The Morgan fingerprint density at radius 3 is 2.24 bits per heavy atom. The Kier molecular flexibility index (Phi) is 7.54. The summed E-state index contributed by atoms with van der Waals surface area (Å²) < 4.78 is 17.6. The van der Waals surface area contributed by atoms with Gasteiger partial charge in [0.25, 0.3) is 0 Å². The quantitative estimate of drug-likeness (QED) is 0.134. The molecule has 6 aromatic rings. The average Bonchev–Trinajstić information content (AvgIpc) is 3.35. The summed E-state index contributed by atoms with van der Waals surface area (Å²) in [6, 6.07) is 38.0. The third-order valence-corrected chi connectivity index (χ3v) is 7.08. The van der Waals surface area contributed by atoms with E-state index in [-0.39, 0.29) is 5.88 Å². The number of H-pyrrole nitrogens is 1. The first-order valence-electron chi connectivity index (χ1n) is 13.6. The Morgan fingerprint density at radius 2 is 1.37 bits per heavy atom. The van der Waals surface area contributed by atoms with Crippen LogP contribution in [0.1, 0.15) is 17.5 Å². The van der Waals surface area contributed by atoms with Crippen LogP contribution in [0.15, 0.2) is 115 Å². The molecule has 0 saturated heterocycles. The Labute approximate surface area is 237 Å². The van der Waals surface area contributed by atoms with Crippen LogP contribution in [0.2, 0.25) is 0 Å². The van der Waals surface area contributed by atoms with Gasteiger partial charge in [-0.15, -0.1) is 0 Å². The van der Waals surface area contributed by atoms with E-state index < -0.39 is 6.16 Å². The number of aromatic amines is 1. The SMILES string of the molecule is O=C(O)Oc1[nH]c2c(-c3ccccc3OCc3ccccc3)cccc2c1CCCOc1cccc2ccccc12. The maximum absolute atomic E-state index is 11.6. The lowest BCUT2D eigenvalue weighted by molar-refractivity contribution is 0.142. The second-order valence-electron chi connectivity index (χ2n) is 9.73. The van der Waals surface area contributed by atoms with Crippen LogP contribution in [0.3, 0.4) is 0 Å². The van der Waals surface area contributed by atoms with Gasteiger partial charge in [0.15, 0.2) is 0 Å². The molecule has 6 rings (SSSR count). The highest BCUT2D eigenvalue weighted by Gasteiger charge is 2.19. The summed E-state index contributed by atoms with van der Waals surface area (Å²) in [4.78, 5) is 14.8. The van der Waals surface area contributed by atoms with Gasteiger partial charge in [-0.25, -0.2) is 4.79 Å². The minimum atomic E-state index is -1.36. The van der Waals surface area contributed by atoms with Gasteiger partial charge in [-0.1, -0.05) is 103 Å². The molecule has 0 aliphatic heterocycles. The van der Waals surface area contributed by atoms with Gasteiger partial charge >= 0.3 is 6.16 Å². The average molecular weight is 544 g/mol. The van der Waals surface area contributed by atoms with Crippen molar-refractivity contribution in [3.05, 3.63) is 126 Å². The second kappa shape index (κ2) is 11.9. The van der Waals surface area contributed by atoms with Crippen LogP contribution in [-0.2, 0) is 13.0 Å². The van der Waals surface area contributed by atoms with Gasteiger partial charge in [0.05, 0.1) is 12.1 Å². The van der Waals surface area contributed by atoms with Crippen LogP contribution >= 0.6 is 0 Å². The van der Waals surface area contributed by atoms with Gasteiger partial charge in [-0.05, 0) is 35.9 Å². The minimum absolute atomic E-state index is 0.229. The van der Waals surface area contributed by atoms with Gasteiger partial charge in [0.1, 0.15) is 18.1 Å². The number of hydrogen-bond donors (Lipinski definition) is 2. The van der Waals surface area contributed by atoms with E-state index in [1.165, 1.54) is 0 Å². The first-order chi connectivity index (χ1) is 20.2. The largest absolute Gasteiger partial charge is 0.512 e. The molecule has 6 nitrogen and oxygen atoms in total. The van der Waals surface area contributed by atoms with Gasteiger partial charge in [0, 0.05) is 27.5 Å². The van der Waals surface area contributed by atoms with Gasteiger partial charge in [-0.3, -0.25) is 0 Å². The summed E-state index contributed by atoms with van der Waals surface area (Å²) in [5.74, 6) is 1.80. The van der Waals surface area contributed by atoms with E-state index in [0.717, 1.165) is 55.4 Å². The lowest BCUT2D eigenvalue weighted by atomic mass is 10.00. The van der Waals surface area contributed by atoms with Crippen molar-refractivity contribution in [2.24, 2.45) is 0 Å². The molecule has 0 radical (unpaired) electrons. The molecule has 0 fully saturated rings. The van der Waals surface area contributed by atoms with Crippen LogP contribution in [0.4, 0.5) is 4.79 Å². The summed E-state index contributed by atoms with van der Waals surface area (Å²) in [6.07, 6.45) is -0.117.